The van der Waals surface area contributed by atoms with E-state index in [-0.39, 0.29) is 12.1 Å². The average Bonchev–Trinajstić information content (AvgIpc) is 2.31. The van der Waals surface area contributed by atoms with Gasteiger partial charge in [0.2, 0.25) is 8.53 Å². The van der Waals surface area contributed by atoms with Crippen molar-refractivity contribution in [3.05, 3.63) is 0 Å². The third-order valence-corrected chi connectivity index (χ3v) is 2.02. The zero-order valence-electron chi connectivity index (χ0n) is 6.10. The highest BCUT2D eigenvalue weighted by atomic mass is 31.2. The van der Waals surface area contributed by atoms with E-state index in [1.165, 1.54) is 0 Å². The summed E-state index contributed by atoms with van der Waals surface area (Å²) in [5, 5.41) is 12.1. The number of aliphatic hydroxyl groups excluding tert-OH is 1. The third kappa shape index (κ3) is 3.42. The molecule has 0 aromatic heterocycles. The summed E-state index contributed by atoms with van der Waals surface area (Å²) in [5.41, 5.74) is 5.01. The second kappa shape index (κ2) is 4.30. The van der Waals surface area contributed by atoms with E-state index in [0.717, 1.165) is 0 Å². The van der Waals surface area contributed by atoms with Gasteiger partial charge in [-0.25, -0.2) is 0 Å². The summed E-state index contributed by atoms with van der Waals surface area (Å²) < 4.78 is 4.80. The first-order chi connectivity index (χ1) is 5.18. The molecule has 0 saturated carbocycles. The maximum absolute atomic E-state index is 9.06. The number of hydrogen-bond acceptors (Lipinski definition) is 5. The van der Waals surface area contributed by atoms with Crippen LogP contribution in [-0.2, 0) is 4.52 Å². The van der Waals surface area contributed by atoms with Crippen LogP contribution in [0.1, 0.15) is 6.42 Å². The zero-order chi connectivity index (χ0) is 8.27. The predicted octanol–water partition coefficient (Wildman–Crippen LogP) is -1.10. The van der Waals surface area contributed by atoms with Gasteiger partial charge in [-0.3, -0.25) is 5.50 Å². The van der Waals surface area contributed by atoms with E-state index in [9.17, 15) is 0 Å². The molecule has 0 radical (unpaired) electrons. The van der Waals surface area contributed by atoms with Crippen LogP contribution in [0.4, 0.5) is 0 Å². The highest BCUT2D eigenvalue weighted by Gasteiger charge is 2.22. The van der Waals surface area contributed by atoms with E-state index < -0.39 is 8.53 Å². The molecular formula is C5H13N2O3P. The van der Waals surface area contributed by atoms with Crippen molar-refractivity contribution in [1.82, 2.24) is 5.32 Å². The van der Waals surface area contributed by atoms with Gasteiger partial charge in [-0.2, -0.15) is 0 Å². The molecule has 5 nitrogen and oxygen atoms in total. The summed E-state index contributed by atoms with van der Waals surface area (Å²) in [5.74, 6) is 0. The van der Waals surface area contributed by atoms with Crippen LogP contribution < -0.4 is 10.8 Å². The first-order valence-corrected chi connectivity index (χ1v) is 4.74. The first kappa shape index (κ1) is 9.32. The second-order valence-electron chi connectivity index (χ2n) is 2.59. The van der Waals surface area contributed by atoms with Gasteiger partial charge in [-0.15, -0.1) is 0 Å². The van der Waals surface area contributed by atoms with Gasteiger partial charge in [0.1, 0.15) is 0 Å². The summed E-state index contributed by atoms with van der Waals surface area (Å²) in [6, 6.07) is 0.130. The number of β-amino-alcohol motifs (C(OH)–C–C–N with tert-alkyl or cyclic N) is 1. The molecular weight excluding hydrogens is 167 g/mol. The lowest BCUT2D eigenvalue weighted by atomic mass is 10.2. The Labute approximate surface area is 66.5 Å². The van der Waals surface area contributed by atoms with E-state index in [1.54, 1.807) is 0 Å². The van der Waals surface area contributed by atoms with Crippen LogP contribution in [0.3, 0.4) is 0 Å². The van der Waals surface area contributed by atoms with Crippen LogP contribution >= 0.6 is 8.53 Å². The molecule has 2 unspecified atom stereocenters. The van der Waals surface area contributed by atoms with Crippen molar-refractivity contribution < 1.29 is 14.5 Å². The minimum Gasteiger partial charge on any atom is -0.392 e. The molecule has 0 amide bonds. The zero-order valence-corrected chi connectivity index (χ0v) is 7.00. The van der Waals surface area contributed by atoms with Crippen LogP contribution in [-0.4, -0.2) is 35.3 Å². The lowest BCUT2D eigenvalue weighted by Gasteiger charge is -2.10. The largest absolute Gasteiger partial charge is 0.392 e. The first-order valence-electron chi connectivity index (χ1n) is 3.46. The Morgan fingerprint density at radius 2 is 2.45 bits per heavy atom. The van der Waals surface area contributed by atoms with Crippen LogP contribution in [0.2, 0.25) is 0 Å². The summed E-state index contributed by atoms with van der Waals surface area (Å²) in [4.78, 5) is 8.61. The van der Waals surface area contributed by atoms with Gasteiger partial charge in [-0.1, -0.05) is 0 Å². The fraction of sp³-hybridized carbons (Fsp3) is 1.00. The lowest BCUT2D eigenvalue weighted by molar-refractivity contribution is 0.187. The summed E-state index contributed by atoms with van der Waals surface area (Å²) in [6.45, 7) is 0.970. The Morgan fingerprint density at radius 1 is 1.73 bits per heavy atom. The third-order valence-electron chi connectivity index (χ3n) is 1.61. The molecule has 0 spiro atoms. The number of rotatable bonds is 3. The quantitative estimate of drug-likeness (QED) is 0.414. The molecule has 6 heteroatoms. The van der Waals surface area contributed by atoms with Gasteiger partial charge in [0, 0.05) is 12.6 Å². The fourth-order valence-electron chi connectivity index (χ4n) is 1.09. The molecule has 66 valence electrons. The molecule has 0 aromatic rings. The molecule has 3 atom stereocenters. The van der Waals surface area contributed by atoms with E-state index in [1.807, 2.05) is 0 Å². The lowest BCUT2D eigenvalue weighted by Crippen LogP contribution is -2.26. The van der Waals surface area contributed by atoms with Gasteiger partial charge in [-0.05, 0) is 6.42 Å². The highest BCUT2D eigenvalue weighted by Crippen LogP contribution is 2.20. The van der Waals surface area contributed by atoms with Gasteiger partial charge in [0.05, 0.1) is 12.7 Å². The van der Waals surface area contributed by atoms with Crippen molar-refractivity contribution in [2.75, 3.05) is 13.2 Å². The average molecular weight is 180 g/mol. The van der Waals surface area contributed by atoms with Gasteiger partial charge in [0.15, 0.2) is 0 Å². The molecule has 1 aliphatic rings. The van der Waals surface area contributed by atoms with Crippen molar-refractivity contribution in [3.63, 3.8) is 0 Å². The molecule has 0 aromatic carbocycles. The van der Waals surface area contributed by atoms with Crippen molar-refractivity contribution in [2.45, 2.75) is 18.6 Å². The van der Waals surface area contributed by atoms with Crippen molar-refractivity contribution in [2.24, 2.45) is 5.50 Å². The van der Waals surface area contributed by atoms with Gasteiger partial charge < -0.3 is 19.8 Å². The van der Waals surface area contributed by atoms with Gasteiger partial charge >= 0.3 is 0 Å². The molecule has 0 bridgehead atoms. The Hall–Kier alpha value is 0.230. The molecule has 1 rings (SSSR count). The maximum atomic E-state index is 9.06. The molecule has 5 N–H and O–H groups in total. The van der Waals surface area contributed by atoms with E-state index in [0.29, 0.717) is 19.6 Å². The van der Waals surface area contributed by atoms with E-state index >= 15 is 0 Å². The molecule has 1 aliphatic heterocycles. The van der Waals surface area contributed by atoms with E-state index in [2.05, 4.69) is 5.32 Å². The minimum atomic E-state index is -1.75. The molecule has 1 heterocycles. The monoisotopic (exact) mass is 180 g/mol. The van der Waals surface area contributed by atoms with Crippen molar-refractivity contribution in [1.29, 1.82) is 0 Å². The Kier molecular flexibility index (Phi) is 3.65. The van der Waals surface area contributed by atoms with Crippen LogP contribution in [0.15, 0.2) is 0 Å². The van der Waals surface area contributed by atoms with Crippen LogP contribution in [0.5, 0.6) is 0 Å². The topological polar surface area (TPSA) is 87.7 Å². The van der Waals surface area contributed by atoms with Gasteiger partial charge in [0.25, 0.3) is 0 Å². The van der Waals surface area contributed by atoms with Crippen LogP contribution in [0, 0.1) is 0 Å². The van der Waals surface area contributed by atoms with Crippen molar-refractivity contribution in [3.8, 4) is 0 Å². The normalized spacial score (nSPS) is 34.1. The fourth-order valence-corrected chi connectivity index (χ4v) is 1.42. The van der Waals surface area contributed by atoms with Crippen LogP contribution in [0.25, 0.3) is 0 Å². The predicted molar refractivity (Wildman–Crippen MR) is 41.7 cm³/mol. The highest BCUT2D eigenvalue weighted by molar-refractivity contribution is 7.43. The summed E-state index contributed by atoms with van der Waals surface area (Å²) in [7, 11) is -1.75. The standard InChI is InChI=1S/C5H13N2O3P/c6-11(9)10-3-4-1-5(8)2-7-4/h4-5,7-9H,1-3,6H2/t4-,5?,11?/m0/s1. The Morgan fingerprint density at radius 3 is 2.91 bits per heavy atom. The number of nitrogens with one attached hydrogen (secondary N) is 1. The summed E-state index contributed by atoms with van der Waals surface area (Å²) in [6.07, 6.45) is 0.384. The smallest absolute Gasteiger partial charge is 0.250 e. The van der Waals surface area contributed by atoms with Crippen molar-refractivity contribution >= 4 is 8.53 Å². The molecule has 11 heavy (non-hydrogen) atoms. The Balaban J connectivity index is 2.08. The molecule has 1 saturated heterocycles. The number of hydrogen-bond donors (Lipinski definition) is 4. The SMILES string of the molecule is NP(O)OC[C@@H]1CC(O)CN1. The maximum Gasteiger partial charge on any atom is 0.250 e. The number of nitrogens with two attached hydrogens (primary N) is 1. The number of aliphatic hydroxyl groups is 1. The minimum absolute atomic E-state index is 0.130. The van der Waals surface area contributed by atoms with E-state index in [4.69, 9.17) is 20.0 Å². The molecule has 1 fully saturated rings. The Bertz CT molecular complexity index is 124. The summed E-state index contributed by atoms with van der Waals surface area (Å²) >= 11 is 0. The second-order valence-corrected chi connectivity index (χ2v) is 3.46. The molecule has 0 aliphatic carbocycles.